The molecule has 2 saturated heterocycles. The van der Waals surface area contributed by atoms with E-state index in [1.807, 2.05) is 0 Å². The molecule has 2 fully saturated rings. The molecule has 2 N–H and O–H groups in total. The third kappa shape index (κ3) is 6.34. The summed E-state index contributed by atoms with van der Waals surface area (Å²) in [5, 5.41) is 7.13. The number of nitrogens with zero attached hydrogens (tertiary/aromatic N) is 3. The molecular formula is C24H41N5O. The molecule has 3 rings (SSSR count). The van der Waals surface area contributed by atoms with Crippen molar-refractivity contribution >= 4 is 11.8 Å². The van der Waals surface area contributed by atoms with Crippen molar-refractivity contribution in [3.05, 3.63) is 23.9 Å². The third-order valence-corrected chi connectivity index (χ3v) is 6.16. The third-order valence-electron chi connectivity index (χ3n) is 6.16. The van der Waals surface area contributed by atoms with Crippen LogP contribution >= 0.6 is 0 Å². The maximum Gasteiger partial charge on any atom is 0.191 e. The van der Waals surface area contributed by atoms with Crippen LogP contribution in [0.15, 0.2) is 23.2 Å². The van der Waals surface area contributed by atoms with E-state index in [0.717, 1.165) is 69.5 Å². The van der Waals surface area contributed by atoms with Crippen LogP contribution in [0.3, 0.4) is 0 Å². The summed E-state index contributed by atoms with van der Waals surface area (Å²) >= 11 is 0. The van der Waals surface area contributed by atoms with Crippen molar-refractivity contribution in [2.45, 2.75) is 72.4 Å². The summed E-state index contributed by atoms with van der Waals surface area (Å²) in [5.74, 6) is 2.53. The Labute approximate surface area is 182 Å². The van der Waals surface area contributed by atoms with Crippen LogP contribution < -0.4 is 15.5 Å². The van der Waals surface area contributed by atoms with Crippen molar-refractivity contribution in [3.8, 4) is 0 Å². The lowest BCUT2D eigenvalue weighted by Gasteiger charge is -2.39. The highest BCUT2D eigenvalue weighted by atomic mass is 16.5. The molecule has 1 aromatic heterocycles. The standard InChI is InChI=1S/C24H41N5O/c1-6-25-23(26-17-19-10-8-16-30-22(19)24(3,4)5)28-20-12-14-29(15-13-20)21-11-7-9-18(2)27-21/h7,9,11,19-20,22H,6,8,10,12-17H2,1-5H3,(H2,25,26,28). The van der Waals surface area contributed by atoms with E-state index in [-0.39, 0.29) is 11.5 Å². The van der Waals surface area contributed by atoms with E-state index in [1.165, 1.54) is 6.42 Å². The Balaban J connectivity index is 1.55. The second-order valence-electron chi connectivity index (χ2n) is 9.82. The molecule has 168 valence electrons. The van der Waals surface area contributed by atoms with Gasteiger partial charge in [-0.15, -0.1) is 0 Å². The van der Waals surface area contributed by atoms with Gasteiger partial charge < -0.3 is 20.3 Å². The molecule has 1 aromatic rings. The predicted octanol–water partition coefficient (Wildman–Crippen LogP) is 3.76. The molecule has 6 heteroatoms. The Bertz CT molecular complexity index is 691. The van der Waals surface area contributed by atoms with E-state index in [9.17, 15) is 0 Å². The lowest BCUT2D eigenvalue weighted by atomic mass is 9.78. The molecule has 2 atom stereocenters. The van der Waals surface area contributed by atoms with Gasteiger partial charge >= 0.3 is 0 Å². The highest BCUT2D eigenvalue weighted by Gasteiger charge is 2.35. The molecule has 2 aliphatic heterocycles. The summed E-state index contributed by atoms with van der Waals surface area (Å²) in [6.45, 7) is 15.6. The van der Waals surface area contributed by atoms with Gasteiger partial charge in [0.15, 0.2) is 5.96 Å². The quantitative estimate of drug-likeness (QED) is 0.566. The van der Waals surface area contributed by atoms with Crippen molar-refractivity contribution in [2.75, 3.05) is 37.7 Å². The number of pyridine rings is 1. The normalized spacial score (nSPS) is 24.0. The molecule has 2 unspecified atom stereocenters. The minimum absolute atomic E-state index is 0.156. The Morgan fingerprint density at radius 2 is 2.00 bits per heavy atom. The molecule has 0 bridgehead atoms. The van der Waals surface area contributed by atoms with Gasteiger partial charge in [0.1, 0.15) is 5.82 Å². The first-order valence-corrected chi connectivity index (χ1v) is 11.7. The molecule has 0 radical (unpaired) electrons. The summed E-state index contributed by atoms with van der Waals surface area (Å²) < 4.78 is 6.14. The van der Waals surface area contributed by atoms with Crippen LogP contribution in [0.5, 0.6) is 0 Å². The minimum Gasteiger partial charge on any atom is -0.377 e. The second kappa shape index (κ2) is 10.5. The second-order valence-corrected chi connectivity index (χ2v) is 9.82. The van der Waals surface area contributed by atoms with E-state index in [0.29, 0.717) is 12.0 Å². The van der Waals surface area contributed by atoms with Gasteiger partial charge in [-0.05, 0) is 57.1 Å². The van der Waals surface area contributed by atoms with E-state index in [4.69, 9.17) is 9.73 Å². The Morgan fingerprint density at radius 3 is 2.67 bits per heavy atom. The molecule has 30 heavy (non-hydrogen) atoms. The molecular weight excluding hydrogens is 374 g/mol. The summed E-state index contributed by atoms with van der Waals surface area (Å²) in [6.07, 6.45) is 4.81. The van der Waals surface area contributed by atoms with E-state index in [1.54, 1.807) is 0 Å². The number of aromatic nitrogens is 1. The number of piperidine rings is 1. The van der Waals surface area contributed by atoms with Crippen molar-refractivity contribution in [1.29, 1.82) is 0 Å². The van der Waals surface area contributed by atoms with Gasteiger partial charge in [0, 0.05) is 50.4 Å². The van der Waals surface area contributed by atoms with Crippen molar-refractivity contribution in [3.63, 3.8) is 0 Å². The van der Waals surface area contributed by atoms with Crippen LogP contribution in [-0.2, 0) is 4.74 Å². The summed E-state index contributed by atoms with van der Waals surface area (Å²) in [7, 11) is 0. The first kappa shape index (κ1) is 22.9. The molecule has 6 nitrogen and oxygen atoms in total. The number of hydrogen-bond donors (Lipinski definition) is 2. The van der Waals surface area contributed by atoms with Crippen LogP contribution in [-0.4, -0.2) is 55.9 Å². The highest BCUT2D eigenvalue weighted by molar-refractivity contribution is 5.80. The van der Waals surface area contributed by atoms with Gasteiger partial charge in [0.25, 0.3) is 0 Å². The fourth-order valence-corrected chi connectivity index (χ4v) is 4.67. The fourth-order valence-electron chi connectivity index (χ4n) is 4.67. The van der Waals surface area contributed by atoms with Crippen LogP contribution in [0.1, 0.15) is 59.1 Å². The lowest BCUT2D eigenvalue weighted by Crippen LogP contribution is -2.49. The molecule has 0 aliphatic carbocycles. The first-order valence-electron chi connectivity index (χ1n) is 11.7. The SMILES string of the molecule is CCNC(=NCC1CCCOC1C(C)(C)C)NC1CCN(c2cccc(C)n2)CC1. The number of anilines is 1. The largest absolute Gasteiger partial charge is 0.377 e. The van der Waals surface area contributed by atoms with Gasteiger partial charge in [-0.2, -0.15) is 0 Å². The zero-order valence-electron chi connectivity index (χ0n) is 19.6. The zero-order chi connectivity index (χ0) is 21.6. The topological polar surface area (TPSA) is 61.8 Å². The fraction of sp³-hybridized carbons (Fsp3) is 0.750. The molecule has 0 saturated carbocycles. The van der Waals surface area contributed by atoms with E-state index >= 15 is 0 Å². The first-order chi connectivity index (χ1) is 14.4. The Hall–Kier alpha value is -1.82. The van der Waals surface area contributed by atoms with Crippen molar-refractivity contribution in [1.82, 2.24) is 15.6 Å². The average molecular weight is 416 g/mol. The molecule has 3 heterocycles. The summed E-state index contributed by atoms with van der Waals surface area (Å²) in [5.41, 5.74) is 1.23. The number of guanidine groups is 1. The van der Waals surface area contributed by atoms with E-state index in [2.05, 4.69) is 73.3 Å². The number of ether oxygens (including phenoxy) is 1. The smallest absolute Gasteiger partial charge is 0.191 e. The van der Waals surface area contributed by atoms with Crippen LogP contribution in [0.4, 0.5) is 5.82 Å². The molecule has 0 amide bonds. The van der Waals surface area contributed by atoms with Crippen LogP contribution in [0.25, 0.3) is 0 Å². The monoisotopic (exact) mass is 415 g/mol. The van der Waals surface area contributed by atoms with Crippen molar-refractivity contribution in [2.24, 2.45) is 16.3 Å². The van der Waals surface area contributed by atoms with Crippen LogP contribution in [0.2, 0.25) is 0 Å². The predicted molar refractivity (Wildman–Crippen MR) is 125 cm³/mol. The number of nitrogens with one attached hydrogen (secondary N) is 2. The maximum atomic E-state index is 6.14. The van der Waals surface area contributed by atoms with Gasteiger partial charge in [-0.1, -0.05) is 26.8 Å². The number of hydrogen-bond acceptors (Lipinski definition) is 4. The molecule has 0 spiro atoms. The van der Waals surface area contributed by atoms with Gasteiger partial charge in [0.05, 0.1) is 6.10 Å². The highest BCUT2D eigenvalue weighted by Crippen LogP contribution is 2.34. The molecule has 0 aromatic carbocycles. The lowest BCUT2D eigenvalue weighted by molar-refractivity contribution is -0.0823. The number of aliphatic imine (C=N–C) groups is 1. The van der Waals surface area contributed by atoms with Gasteiger partial charge in [-0.3, -0.25) is 4.99 Å². The maximum absolute atomic E-state index is 6.14. The number of rotatable bonds is 5. The van der Waals surface area contributed by atoms with Gasteiger partial charge in [0.2, 0.25) is 0 Å². The van der Waals surface area contributed by atoms with E-state index < -0.39 is 0 Å². The molecule has 2 aliphatic rings. The number of aryl methyl sites for hydroxylation is 1. The summed E-state index contributed by atoms with van der Waals surface area (Å²) in [6, 6.07) is 6.71. The Morgan fingerprint density at radius 1 is 1.23 bits per heavy atom. The minimum atomic E-state index is 0.156. The van der Waals surface area contributed by atoms with Crippen LogP contribution in [0, 0.1) is 18.3 Å². The zero-order valence-corrected chi connectivity index (χ0v) is 19.6. The Kier molecular flexibility index (Phi) is 7.98. The van der Waals surface area contributed by atoms with Gasteiger partial charge in [-0.25, -0.2) is 4.98 Å². The average Bonchev–Trinajstić information content (AvgIpc) is 2.72. The van der Waals surface area contributed by atoms with Crippen molar-refractivity contribution < 1.29 is 4.74 Å². The summed E-state index contributed by atoms with van der Waals surface area (Å²) in [4.78, 5) is 12.0.